The molecule has 17 heavy (non-hydrogen) atoms. The zero-order valence-corrected chi connectivity index (χ0v) is 10.3. The van der Waals surface area contributed by atoms with E-state index in [-0.39, 0.29) is 17.9 Å². The van der Waals surface area contributed by atoms with Gasteiger partial charge < -0.3 is 15.4 Å². The molecular formula is C12H20N2O3. The molecule has 0 aromatic heterocycles. The molecular weight excluding hydrogens is 220 g/mol. The van der Waals surface area contributed by atoms with E-state index >= 15 is 0 Å². The third-order valence-electron chi connectivity index (χ3n) is 2.43. The number of amides is 1. The minimum absolute atomic E-state index is 0.0338. The predicted molar refractivity (Wildman–Crippen MR) is 64.4 cm³/mol. The second kappa shape index (κ2) is 7.06. The highest BCUT2D eigenvalue weighted by atomic mass is 16.5. The van der Waals surface area contributed by atoms with Crippen molar-refractivity contribution in [3.05, 3.63) is 12.2 Å². The molecule has 1 aliphatic rings. The van der Waals surface area contributed by atoms with E-state index in [4.69, 9.17) is 4.74 Å². The Morgan fingerprint density at radius 1 is 1.41 bits per heavy atom. The highest BCUT2D eigenvalue weighted by Gasteiger charge is 2.27. The van der Waals surface area contributed by atoms with Gasteiger partial charge in [0, 0.05) is 18.7 Å². The predicted octanol–water partition coefficient (Wildman–Crippen LogP) is 0.364. The first-order valence-electron chi connectivity index (χ1n) is 5.95. The second-order valence-corrected chi connectivity index (χ2v) is 4.23. The summed E-state index contributed by atoms with van der Waals surface area (Å²) in [6.07, 6.45) is 2.65. The van der Waals surface area contributed by atoms with E-state index < -0.39 is 0 Å². The summed E-state index contributed by atoms with van der Waals surface area (Å²) in [6.45, 7) is 7.03. The summed E-state index contributed by atoms with van der Waals surface area (Å²) < 4.78 is 4.94. The monoisotopic (exact) mass is 240 g/mol. The number of esters is 1. The van der Waals surface area contributed by atoms with E-state index in [2.05, 4.69) is 17.2 Å². The van der Waals surface area contributed by atoms with Crippen LogP contribution in [-0.2, 0) is 14.3 Å². The van der Waals surface area contributed by atoms with E-state index in [9.17, 15) is 9.59 Å². The Morgan fingerprint density at radius 3 is 2.71 bits per heavy atom. The molecule has 0 aromatic rings. The molecule has 0 bridgehead atoms. The Kier molecular flexibility index (Phi) is 5.69. The first-order chi connectivity index (χ1) is 8.11. The van der Waals surface area contributed by atoms with Crippen LogP contribution in [0, 0.1) is 0 Å². The fraction of sp³-hybridized carbons (Fsp3) is 0.667. The average molecular weight is 240 g/mol. The average Bonchev–Trinajstić information content (AvgIpc) is 3.10. The molecule has 0 spiro atoms. The number of carbonyl (C=O) groups excluding carboxylic acids is 2. The van der Waals surface area contributed by atoms with Crippen LogP contribution in [0.25, 0.3) is 0 Å². The van der Waals surface area contributed by atoms with Crippen molar-refractivity contribution in [2.45, 2.75) is 32.2 Å². The molecule has 1 heterocycles. The van der Waals surface area contributed by atoms with Gasteiger partial charge in [0.05, 0.1) is 12.6 Å². The van der Waals surface area contributed by atoms with Crippen LogP contribution in [0.3, 0.4) is 0 Å². The van der Waals surface area contributed by atoms with Crippen molar-refractivity contribution in [1.82, 2.24) is 10.6 Å². The number of hydrogen-bond acceptors (Lipinski definition) is 4. The topological polar surface area (TPSA) is 77.3 Å². The van der Waals surface area contributed by atoms with Gasteiger partial charge in [0.2, 0.25) is 5.91 Å². The highest BCUT2D eigenvalue weighted by Crippen LogP contribution is 1.99. The molecule has 1 fully saturated rings. The SMILES string of the molecule is C=C(C)C(=O)OCCCCCNC(=O)C1CN1. The third-order valence-corrected chi connectivity index (χ3v) is 2.43. The lowest BCUT2D eigenvalue weighted by molar-refractivity contribution is -0.139. The zero-order valence-electron chi connectivity index (χ0n) is 10.3. The lowest BCUT2D eigenvalue weighted by Gasteiger charge is -2.05. The molecule has 1 aliphatic heterocycles. The number of rotatable bonds is 8. The van der Waals surface area contributed by atoms with E-state index in [1.54, 1.807) is 6.92 Å². The molecule has 1 amide bonds. The Morgan fingerprint density at radius 2 is 2.12 bits per heavy atom. The molecule has 0 saturated carbocycles. The summed E-state index contributed by atoms with van der Waals surface area (Å²) in [6, 6.07) is 0.0338. The first kappa shape index (κ1) is 13.7. The molecule has 1 unspecified atom stereocenters. The van der Waals surface area contributed by atoms with Crippen LogP contribution >= 0.6 is 0 Å². The molecule has 5 heteroatoms. The van der Waals surface area contributed by atoms with Crippen LogP contribution in [0.1, 0.15) is 26.2 Å². The Labute approximate surface area is 102 Å². The summed E-state index contributed by atoms with van der Waals surface area (Å²) >= 11 is 0. The summed E-state index contributed by atoms with van der Waals surface area (Å²) in [5.41, 5.74) is 0.425. The molecule has 1 saturated heterocycles. The van der Waals surface area contributed by atoms with Gasteiger partial charge in [-0.3, -0.25) is 4.79 Å². The number of ether oxygens (including phenoxy) is 1. The van der Waals surface area contributed by atoms with Gasteiger partial charge in [-0.25, -0.2) is 4.79 Å². The van der Waals surface area contributed by atoms with Gasteiger partial charge in [0.15, 0.2) is 0 Å². The maximum atomic E-state index is 11.2. The van der Waals surface area contributed by atoms with E-state index in [1.165, 1.54) is 0 Å². The minimum Gasteiger partial charge on any atom is -0.462 e. The lowest BCUT2D eigenvalue weighted by Crippen LogP contribution is -2.30. The van der Waals surface area contributed by atoms with Crippen LogP contribution in [0.2, 0.25) is 0 Å². The fourth-order valence-electron chi connectivity index (χ4n) is 1.27. The first-order valence-corrected chi connectivity index (χ1v) is 5.95. The zero-order chi connectivity index (χ0) is 12.7. The van der Waals surface area contributed by atoms with Gasteiger partial charge >= 0.3 is 5.97 Å². The van der Waals surface area contributed by atoms with Gasteiger partial charge in [-0.1, -0.05) is 6.58 Å². The molecule has 1 rings (SSSR count). The van der Waals surface area contributed by atoms with Gasteiger partial charge in [0.1, 0.15) is 0 Å². The van der Waals surface area contributed by atoms with Crippen molar-refractivity contribution in [3.8, 4) is 0 Å². The van der Waals surface area contributed by atoms with Gasteiger partial charge in [-0.05, 0) is 26.2 Å². The summed E-state index contributed by atoms with van der Waals surface area (Å²) in [4.78, 5) is 22.2. The van der Waals surface area contributed by atoms with Crippen molar-refractivity contribution in [2.75, 3.05) is 19.7 Å². The van der Waals surface area contributed by atoms with Gasteiger partial charge in [-0.2, -0.15) is 0 Å². The second-order valence-electron chi connectivity index (χ2n) is 4.23. The molecule has 96 valence electrons. The van der Waals surface area contributed by atoms with E-state index in [0.717, 1.165) is 25.8 Å². The van der Waals surface area contributed by atoms with Crippen LogP contribution in [0.4, 0.5) is 0 Å². The summed E-state index contributed by atoms with van der Waals surface area (Å²) in [7, 11) is 0. The Bertz CT molecular complexity index is 298. The molecule has 1 atom stereocenters. The van der Waals surface area contributed by atoms with Crippen LogP contribution in [-0.4, -0.2) is 37.6 Å². The molecule has 2 N–H and O–H groups in total. The summed E-state index contributed by atoms with van der Waals surface area (Å²) in [5, 5.41) is 5.78. The van der Waals surface area contributed by atoms with Crippen molar-refractivity contribution < 1.29 is 14.3 Å². The lowest BCUT2D eigenvalue weighted by atomic mass is 10.2. The maximum Gasteiger partial charge on any atom is 0.333 e. The quantitative estimate of drug-likeness (QED) is 0.278. The molecule has 0 aliphatic carbocycles. The van der Waals surface area contributed by atoms with Crippen LogP contribution in [0.15, 0.2) is 12.2 Å². The van der Waals surface area contributed by atoms with Crippen molar-refractivity contribution in [1.29, 1.82) is 0 Å². The minimum atomic E-state index is -0.335. The van der Waals surface area contributed by atoms with E-state index in [0.29, 0.717) is 18.7 Å². The molecule has 0 radical (unpaired) electrons. The number of unbranched alkanes of at least 4 members (excludes halogenated alkanes) is 2. The molecule has 0 aromatic carbocycles. The maximum absolute atomic E-state index is 11.2. The van der Waals surface area contributed by atoms with Crippen molar-refractivity contribution in [3.63, 3.8) is 0 Å². The van der Waals surface area contributed by atoms with Crippen LogP contribution in [0.5, 0.6) is 0 Å². The smallest absolute Gasteiger partial charge is 0.333 e. The van der Waals surface area contributed by atoms with Crippen molar-refractivity contribution in [2.24, 2.45) is 0 Å². The Hall–Kier alpha value is -1.36. The number of hydrogen-bond donors (Lipinski definition) is 2. The van der Waals surface area contributed by atoms with Gasteiger partial charge in [-0.15, -0.1) is 0 Å². The van der Waals surface area contributed by atoms with E-state index in [1.807, 2.05) is 0 Å². The summed E-state index contributed by atoms with van der Waals surface area (Å²) in [5.74, 6) is -0.253. The Balaban J connectivity index is 1.85. The fourth-order valence-corrected chi connectivity index (χ4v) is 1.27. The third kappa shape index (κ3) is 6.06. The van der Waals surface area contributed by atoms with Crippen molar-refractivity contribution >= 4 is 11.9 Å². The molecule has 5 nitrogen and oxygen atoms in total. The number of nitrogens with one attached hydrogen (secondary N) is 2. The van der Waals surface area contributed by atoms with Crippen LogP contribution < -0.4 is 10.6 Å². The standard InChI is InChI=1S/C12H20N2O3/c1-9(2)12(16)17-7-5-3-4-6-13-11(15)10-8-14-10/h10,14H,1,3-8H2,2H3,(H,13,15). The van der Waals surface area contributed by atoms with Gasteiger partial charge in [0.25, 0.3) is 0 Å². The highest BCUT2D eigenvalue weighted by molar-refractivity contribution is 5.86. The number of carbonyl (C=O) groups is 2. The normalized spacial score (nSPS) is 17.4. The largest absolute Gasteiger partial charge is 0.462 e.